The van der Waals surface area contributed by atoms with E-state index >= 15 is 0 Å². The van der Waals surface area contributed by atoms with Crippen LogP contribution < -0.4 is 5.32 Å². The standard InChI is InChI=1S/C15H15N5O/c1-11-5-2-3-6-12(11)16-10-7-13-19-15(20-21-13)14-17-8-4-9-18-14/h2-6,8-9,16H,7,10H2,1H3. The SMILES string of the molecule is Cc1ccccc1NCCc1nc(-c2ncccn2)no1. The van der Waals surface area contributed by atoms with Crippen LogP contribution in [0.3, 0.4) is 0 Å². The van der Waals surface area contributed by atoms with Gasteiger partial charge in [0.1, 0.15) is 0 Å². The summed E-state index contributed by atoms with van der Waals surface area (Å²) in [4.78, 5) is 12.5. The molecular formula is C15H15N5O. The van der Waals surface area contributed by atoms with Crippen LogP contribution in [0.4, 0.5) is 5.69 Å². The molecule has 21 heavy (non-hydrogen) atoms. The quantitative estimate of drug-likeness (QED) is 0.774. The molecule has 1 aromatic carbocycles. The first-order valence-corrected chi connectivity index (χ1v) is 6.72. The summed E-state index contributed by atoms with van der Waals surface area (Å²) in [5.74, 6) is 1.46. The molecule has 0 spiro atoms. The van der Waals surface area contributed by atoms with Gasteiger partial charge in [0.2, 0.25) is 17.5 Å². The maximum absolute atomic E-state index is 5.21. The molecule has 0 aliphatic carbocycles. The van der Waals surface area contributed by atoms with Gasteiger partial charge < -0.3 is 9.84 Å². The van der Waals surface area contributed by atoms with Crippen molar-refractivity contribution in [3.63, 3.8) is 0 Å². The Morgan fingerprint density at radius 3 is 2.67 bits per heavy atom. The number of nitrogens with one attached hydrogen (secondary N) is 1. The van der Waals surface area contributed by atoms with Gasteiger partial charge in [-0.2, -0.15) is 4.98 Å². The Morgan fingerprint density at radius 2 is 1.86 bits per heavy atom. The summed E-state index contributed by atoms with van der Waals surface area (Å²) in [5, 5.41) is 7.24. The fourth-order valence-electron chi connectivity index (χ4n) is 1.94. The van der Waals surface area contributed by atoms with Crippen molar-refractivity contribution < 1.29 is 4.52 Å². The molecule has 0 aliphatic heterocycles. The number of hydrogen-bond donors (Lipinski definition) is 1. The van der Waals surface area contributed by atoms with Crippen LogP contribution >= 0.6 is 0 Å². The number of hydrogen-bond acceptors (Lipinski definition) is 6. The van der Waals surface area contributed by atoms with Gasteiger partial charge in [0.15, 0.2) is 0 Å². The van der Waals surface area contributed by atoms with Gasteiger partial charge in [-0.05, 0) is 24.6 Å². The minimum Gasteiger partial charge on any atom is -0.384 e. The molecule has 106 valence electrons. The van der Waals surface area contributed by atoms with E-state index in [0.29, 0.717) is 24.0 Å². The van der Waals surface area contributed by atoms with Crippen LogP contribution in [0.15, 0.2) is 47.2 Å². The van der Waals surface area contributed by atoms with E-state index in [2.05, 4.69) is 38.4 Å². The second kappa shape index (κ2) is 6.13. The molecule has 3 aromatic rings. The topological polar surface area (TPSA) is 76.7 Å². The zero-order valence-electron chi connectivity index (χ0n) is 11.7. The van der Waals surface area contributed by atoms with Crippen molar-refractivity contribution in [2.24, 2.45) is 0 Å². The summed E-state index contributed by atoms with van der Waals surface area (Å²) < 4.78 is 5.21. The van der Waals surface area contributed by atoms with Crippen LogP contribution in [-0.2, 0) is 6.42 Å². The van der Waals surface area contributed by atoms with Crippen molar-refractivity contribution in [2.75, 3.05) is 11.9 Å². The van der Waals surface area contributed by atoms with Gasteiger partial charge in [0.05, 0.1) is 0 Å². The van der Waals surface area contributed by atoms with Crippen LogP contribution in [0, 0.1) is 6.92 Å². The van der Waals surface area contributed by atoms with Crippen molar-refractivity contribution in [3.05, 3.63) is 54.2 Å². The number of benzene rings is 1. The van der Waals surface area contributed by atoms with Gasteiger partial charge in [-0.3, -0.25) is 0 Å². The lowest BCUT2D eigenvalue weighted by Crippen LogP contribution is -2.06. The van der Waals surface area contributed by atoms with E-state index in [1.807, 2.05) is 18.2 Å². The maximum Gasteiger partial charge on any atom is 0.240 e. The van der Waals surface area contributed by atoms with E-state index < -0.39 is 0 Å². The minimum atomic E-state index is 0.418. The summed E-state index contributed by atoms with van der Waals surface area (Å²) in [6.45, 7) is 2.79. The Morgan fingerprint density at radius 1 is 1.05 bits per heavy atom. The predicted octanol–water partition coefficient (Wildman–Crippen LogP) is 2.49. The monoisotopic (exact) mass is 281 g/mol. The number of aryl methyl sites for hydroxylation is 1. The van der Waals surface area contributed by atoms with Gasteiger partial charge >= 0.3 is 0 Å². The Kier molecular flexibility index (Phi) is 3.86. The molecule has 6 heteroatoms. The lowest BCUT2D eigenvalue weighted by molar-refractivity contribution is 0.381. The molecule has 0 amide bonds. The fourth-order valence-corrected chi connectivity index (χ4v) is 1.94. The zero-order chi connectivity index (χ0) is 14.5. The molecule has 0 aliphatic rings. The molecule has 6 nitrogen and oxygen atoms in total. The molecule has 0 radical (unpaired) electrons. The highest BCUT2D eigenvalue weighted by Crippen LogP contribution is 2.13. The van der Waals surface area contributed by atoms with Gasteiger partial charge in [-0.25, -0.2) is 9.97 Å². The van der Waals surface area contributed by atoms with Crippen LogP contribution in [0.2, 0.25) is 0 Å². The first-order valence-electron chi connectivity index (χ1n) is 6.72. The predicted molar refractivity (Wildman–Crippen MR) is 78.7 cm³/mol. The maximum atomic E-state index is 5.21. The van der Waals surface area contributed by atoms with Crippen molar-refractivity contribution in [1.82, 2.24) is 20.1 Å². The lowest BCUT2D eigenvalue weighted by atomic mass is 10.2. The molecule has 0 fully saturated rings. The summed E-state index contributed by atoms with van der Waals surface area (Å²) in [7, 11) is 0. The normalized spacial score (nSPS) is 10.5. The molecule has 0 atom stereocenters. The second-order valence-electron chi connectivity index (χ2n) is 4.58. The number of para-hydroxylation sites is 1. The van der Waals surface area contributed by atoms with E-state index in [1.165, 1.54) is 5.56 Å². The number of aromatic nitrogens is 4. The Balaban J connectivity index is 1.60. The van der Waals surface area contributed by atoms with Gasteiger partial charge in [-0.15, -0.1) is 0 Å². The molecule has 0 saturated heterocycles. The summed E-state index contributed by atoms with van der Waals surface area (Å²) in [5.41, 5.74) is 2.32. The average Bonchev–Trinajstić information content (AvgIpc) is 2.99. The highest BCUT2D eigenvalue weighted by Gasteiger charge is 2.10. The smallest absolute Gasteiger partial charge is 0.240 e. The largest absolute Gasteiger partial charge is 0.384 e. The number of rotatable bonds is 5. The van der Waals surface area contributed by atoms with E-state index in [9.17, 15) is 0 Å². The first kappa shape index (κ1) is 13.2. The van der Waals surface area contributed by atoms with E-state index in [1.54, 1.807) is 18.5 Å². The zero-order valence-corrected chi connectivity index (χ0v) is 11.7. The molecule has 0 saturated carbocycles. The fraction of sp³-hybridized carbons (Fsp3) is 0.200. The first-order chi connectivity index (χ1) is 10.3. The Hall–Kier alpha value is -2.76. The number of nitrogens with zero attached hydrogens (tertiary/aromatic N) is 4. The average molecular weight is 281 g/mol. The molecule has 1 N–H and O–H groups in total. The molecule has 0 bridgehead atoms. The Bertz CT molecular complexity index is 711. The van der Waals surface area contributed by atoms with Gasteiger partial charge in [0.25, 0.3) is 0 Å². The molecular weight excluding hydrogens is 266 g/mol. The van der Waals surface area contributed by atoms with E-state index in [4.69, 9.17) is 4.52 Å². The van der Waals surface area contributed by atoms with E-state index in [-0.39, 0.29) is 0 Å². The third-order valence-electron chi connectivity index (χ3n) is 3.03. The molecule has 0 unspecified atom stereocenters. The molecule has 2 heterocycles. The van der Waals surface area contributed by atoms with Crippen LogP contribution in [0.5, 0.6) is 0 Å². The molecule has 3 rings (SSSR count). The van der Waals surface area contributed by atoms with Crippen LogP contribution in [0.1, 0.15) is 11.5 Å². The third kappa shape index (κ3) is 3.22. The van der Waals surface area contributed by atoms with Crippen molar-refractivity contribution in [2.45, 2.75) is 13.3 Å². The van der Waals surface area contributed by atoms with Crippen LogP contribution in [0.25, 0.3) is 11.6 Å². The highest BCUT2D eigenvalue weighted by atomic mass is 16.5. The second-order valence-corrected chi connectivity index (χ2v) is 4.58. The number of anilines is 1. The highest BCUT2D eigenvalue weighted by molar-refractivity contribution is 5.50. The lowest BCUT2D eigenvalue weighted by Gasteiger charge is -2.07. The molecule has 2 aromatic heterocycles. The summed E-state index contributed by atoms with van der Waals surface area (Å²) in [6.07, 6.45) is 3.95. The Labute approximate surface area is 122 Å². The van der Waals surface area contributed by atoms with Crippen molar-refractivity contribution >= 4 is 5.69 Å². The van der Waals surface area contributed by atoms with Crippen molar-refractivity contribution in [1.29, 1.82) is 0 Å². The van der Waals surface area contributed by atoms with E-state index in [0.717, 1.165) is 12.2 Å². The summed E-state index contributed by atoms with van der Waals surface area (Å²) in [6, 6.07) is 9.89. The van der Waals surface area contributed by atoms with Gasteiger partial charge in [0, 0.05) is 31.0 Å². The van der Waals surface area contributed by atoms with Crippen molar-refractivity contribution in [3.8, 4) is 11.6 Å². The summed E-state index contributed by atoms with van der Waals surface area (Å²) >= 11 is 0. The van der Waals surface area contributed by atoms with Gasteiger partial charge in [-0.1, -0.05) is 23.4 Å². The van der Waals surface area contributed by atoms with Crippen LogP contribution in [-0.4, -0.2) is 26.7 Å². The third-order valence-corrected chi connectivity index (χ3v) is 3.03. The minimum absolute atomic E-state index is 0.418.